The van der Waals surface area contributed by atoms with Crippen LogP contribution in [0, 0.1) is 0 Å². The zero-order valence-electron chi connectivity index (χ0n) is 21.5. The Balaban J connectivity index is 1.51. The molecule has 2 heterocycles. The maximum absolute atomic E-state index is 10.7. The molecule has 2 aliphatic heterocycles. The molecule has 10 atom stereocenters. The van der Waals surface area contributed by atoms with Gasteiger partial charge in [0.1, 0.15) is 48.1 Å². The Kier molecular flexibility index (Phi) is 9.22. The first-order valence-electron chi connectivity index (χ1n) is 12.3. The summed E-state index contributed by atoms with van der Waals surface area (Å²) < 4.78 is 22.3. The lowest BCUT2D eigenvalue weighted by molar-refractivity contribution is -0.314. The minimum absolute atomic E-state index is 0.0953. The van der Waals surface area contributed by atoms with Crippen molar-refractivity contribution < 1.29 is 59.8 Å². The summed E-state index contributed by atoms with van der Waals surface area (Å²) in [6, 6.07) is 9.37. The fourth-order valence-electron chi connectivity index (χ4n) is 4.51. The van der Waals surface area contributed by atoms with Crippen LogP contribution in [0.4, 0.5) is 0 Å². The second-order valence-corrected chi connectivity index (χ2v) is 11.0. The van der Waals surface area contributed by atoms with E-state index in [-0.39, 0.29) is 21.5 Å². The number of hydrogen-bond acceptors (Lipinski definition) is 12. The fraction of sp³-hybridized carbons (Fsp3) is 0.538. The molecule has 0 bridgehead atoms. The predicted octanol–water partition coefficient (Wildman–Crippen LogP) is -0.202. The van der Waals surface area contributed by atoms with Crippen LogP contribution in [0.5, 0.6) is 11.5 Å². The number of aliphatic hydroxyl groups excluding tert-OH is 6. The van der Waals surface area contributed by atoms with E-state index in [4.69, 9.17) is 42.1 Å². The molecular weight excluding hydrogens is 575 g/mol. The van der Waals surface area contributed by atoms with E-state index >= 15 is 0 Å². The van der Waals surface area contributed by atoms with Crippen LogP contribution in [0.25, 0.3) is 11.1 Å². The van der Waals surface area contributed by atoms with Gasteiger partial charge >= 0.3 is 0 Å². The van der Waals surface area contributed by atoms with E-state index in [1.54, 1.807) is 24.3 Å². The highest BCUT2D eigenvalue weighted by Gasteiger charge is 2.54. The Hall–Kier alpha value is -1.78. The molecule has 0 aromatic heterocycles. The number of hydrogen-bond donors (Lipinski definition) is 8. The molecule has 2 fully saturated rings. The number of halogens is 2. The maximum Gasteiger partial charge on any atom is 0.231 e. The van der Waals surface area contributed by atoms with Crippen molar-refractivity contribution in [2.75, 3.05) is 13.2 Å². The maximum atomic E-state index is 10.7. The number of ether oxygens (including phenoxy) is 4. The molecule has 0 aliphatic carbocycles. The van der Waals surface area contributed by atoms with Crippen molar-refractivity contribution in [2.24, 2.45) is 0 Å². The van der Waals surface area contributed by atoms with E-state index in [1.807, 2.05) is 0 Å². The van der Waals surface area contributed by atoms with Crippen LogP contribution in [0.15, 0.2) is 36.4 Å². The molecule has 14 heteroatoms. The van der Waals surface area contributed by atoms with E-state index in [2.05, 4.69) is 0 Å². The lowest BCUT2D eigenvalue weighted by atomic mass is 9.88. The van der Waals surface area contributed by atoms with E-state index in [9.17, 15) is 40.9 Å². The average Bonchev–Trinajstić information content (AvgIpc) is 2.91. The van der Waals surface area contributed by atoms with Crippen LogP contribution < -0.4 is 9.47 Å². The summed E-state index contributed by atoms with van der Waals surface area (Å²) in [6.07, 6.45) is -11.7. The van der Waals surface area contributed by atoms with Gasteiger partial charge in [0.2, 0.25) is 12.6 Å². The quantitative estimate of drug-likeness (QED) is 0.207. The molecule has 0 radical (unpaired) electrons. The molecule has 0 saturated carbocycles. The summed E-state index contributed by atoms with van der Waals surface area (Å²) in [5.41, 5.74) is -2.83. The zero-order chi connectivity index (χ0) is 29.6. The molecule has 0 amide bonds. The fourth-order valence-corrected chi connectivity index (χ4v) is 4.96. The summed E-state index contributed by atoms with van der Waals surface area (Å²) in [6.45, 7) is 1.21. The first kappa shape index (κ1) is 31.2. The molecule has 222 valence electrons. The molecule has 2 aromatic rings. The van der Waals surface area contributed by atoms with Crippen LogP contribution in [0.2, 0.25) is 10.0 Å². The van der Waals surface area contributed by atoms with E-state index in [0.29, 0.717) is 11.1 Å². The van der Waals surface area contributed by atoms with Gasteiger partial charge in [-0.1, -0.05) is 35.3 Å². The Labute approximate surface area is 239 Å². The van der Waals surface area contributed by atoms with Crippen molar-refractivity contribution in [1.82, 2.24) is 0 Å². The highest BCUT2D eigenvalue weighted by atomic mass is 35.5. The highest BCUT2D eigenvalue weighted by molar-refractivity contribution is 6.33. The van der Waals surface area contributed by atoms with Crippen LogP contribution in [0.3, 0.4) is 0 Å². The Bertz CT molecular complexity index is 1100. The molecule has 10 unspecified atom stereocenters. The van der Waals surface area contributed by atoms with Gasteiger partial charge in [-0.15, -0.1) is 0 Å². The summed E-state index contributed by atoms with van der Waals surface area (Å²) in [5, 5.41) is 81.0. The van der Waals surface area contributed by atoms with Crippen molar-refractivity contribution >= 4 is 23.2 Å². The second kappa shape index (κ2) is 11.8. The lowest BCUT2D eigenvalue weighted by Gasteiger charge is -2.45. The van der Waals surface area contributed by atoms with E-state index < -0.39 is 73.6 Å². The highest BCUT2D eigenvalue weighted by Crippen LogP contribution is 2.39. The Morgan fingerprint density at radius 3 is 1.35 bits per heavy atom. The normalized spacial score (nSPS) is 38.2. The van der Waals surface area contributed by atoms with Crippen LogP contribution in [0.1, 0.15) is 13.8 Å². The van der Waals surface area contributed by atoms with E-state index in [0.717, 1.165) is 0 Å². The Morgan fingerprint density at radius 2 is 1.05 bits per heavy atom. The molecule has 8 N–H and O–H groups in total. The molecule has 40 heavy (non-hydrogen) atoms. The molecule has 12 nitrogen and oxygen atoms in total. The van der Waals surface area contributed by atoms with Gasteiger partial charge < -0.3 is 59.8 Å². The number of benzene rings is 2. The predicted molar refractivity (Wildman–Crippen MR) is 140 cm³/mol. The third-order valence-corrected chi connectivity index (χ3v) is 7.77. The van der Waals surface area contributed by atoms with Crippen molar-refractivity contribution in [3.05, 3.63) is 46.4 Å². The van der Waals surface area contributed by atoms with Gasteiger partial charge in [-0.3, -0.25) is 0 Å². The van der Waals surface area contributed by atoms with Crippen LogP contribution in [-0.2, 0) is 9.47 Å². The van der Waals surface area contributed by atoms with Gasteiger partial charge in [-0.05, 0) is 49.2 Å². The van der Waals surface area contributed by atoms with Gasteiger partial charge in [-0.25, -0.2) is 0 Å². The number of aliphatic hydroxyl groups is 8. The van der Waals surface area contributed by atoms with Crippen LogP contribution in [-0.4, -0.2) is 114 Å². The lowest BCUT2D eigenvalue weighted by Crippen LogP contribution is -2.66. The third kappa shape index (κ3) is 5.77. The van der Waals surface area contributed by atoms with Crippen molar-refractivity contribution in [1.29, 1.82) is 0 Å². The molecule has 0 spiro atoms. The molecule has 2 aliphatic rings. The smallest absolute Gasteiger partial charge is 0.231 e. The minimum atomic E-state index is -2.02. The number of rotatable bonds is 7. The summed E-state index contributed by atoms with van der Waals surface area (Å²) in [4.78, 5) is 0. The topological polar surface area (TPSA) is 199 Å². The largest absolute Gasteiger partial charge is 0.460 e. The summed E-state index contributed by atoms with van der Waals surface area (Å²) in [5.74, 6) is 0.191. The molecule has 2 saturated heterocycles. The molecule has 2 aromatic carbocycles. The summed E-state index contributed by atoms with van der Waals surface area (Å²) in [7, 11) is 0. The SMILES string of the molecule is CC1(O)C(Oc2ccc(-c3ccc(OC4OC(CO)C(O)C(O)C4(C)O)c(Cl)c3)cc2Cl)OC(CO)C(O)C1O. The first-order chi connectivity index (χ1) is 18.7. The van der Waals surface area contributed by atoms with Gasteiger partial charge in [0.05, 0.1) is 23.3 Å². The van der Waals surface area contributed by atoms with Crippen molar-refractivity contribution in [3.63, 3.8) is 0 Å². The second-order valence-electron chi connectivity index (χ2n) is 10.2. The van der Waals surface area contributed by atoms with Crippen molar-refractivity contribution in [2.45, 2.75) is 74.3 Å². The monoisotopic (exact) mass is 606 g/mol. The van der Waals surface area contributed by atoms with Crippen LogP contribution >= 0.6 is 23.2 Å². The van der Waals surface area contributed by atoms with E-state index in [1.165, 1.54) is 26.0 Å². The van der Waals surface area contributed by atoms with Gasteiger partial charge in [0, 0.05) is 0 Å². The van der Waals surface area contributed by atoms with Crippen molar-refractivity contribution in [3.8, 4) is 22.6 Å². The Morgan fingerprint density at radius 1 is 0.700 bits per heavy atom. The third-order valence-electron chi connectivity index (χ3n) is 7.18. The average molecular weight is 607 g/mol. The zero-order valence-corrected chi connectivity index (χ0v) is 23.0. The molecule has 4 rings (SSSR count). The van der Waals surface area contributed by atoms with Gasteiger partial charge in [0.25, 0.3) is 0 Å². The van der Waals surface area contributed by atoms with Gasteiger partial charge in [-0.2, -0.15) is 0 Å². The van der Waals surface area contributed by atoms with Gasteiger partial charge in [0.15, 0.2) is 11.2 Å². The molecular formula is C26H32Cl2O12. The first-order valence-corrected chi connectivity index (χ1v) is 13.1. The minimum Gasteiger partial charge on any atom is -0.460 e. The summed E-state index contributed by atoms with van der Waals surface area (Å²) >= 11 is 12.8. The standard InChI is InChI=1S/C26H32Cl2O12/c1-25(35)21(33)19(31)17(9-29)39-23(25)37-15-5-3-11(7-13(15)27)12-4-6-16(14(28)8-12)38-24-26(2,36)22(34)20(32)18(10-30)40-24/h3-8,17-24,29-36H,9-10H2,1-2H3.